The topological polar surface area (TPSA) is 53.5 Å². The molecule has 2 aliphatic rings. The minimum Gasteiger partial charge on any atom is -0.329 e. The van der Waals surface area contributed by atoms with Gasteiger partial charge in [0.1, 0.15) is 17.6 Å². The van der Waals surface area contributed by atoms with Crippen LogP contribution < -0.4 is 0 Å². The van der Waals surface area contributed by atoms with Gasteiger partial charge in [-0.1, -0.05) is 0 Å². The number of hydrogen-bond donors (Lipinski definition) is 0. The SMILES string of the molecule is CC(C)(c1nccs1)N1CC(=O)N2CCCC2C1=O. The summed E-state index contributed by atoms with van der Waals surface area (Å²) in [5.74, 6) is 0.129. The van der Waals surface area contributed by atoms with Crippen molar-refractivity contribution in [1.82, 2.24) is 14.8 Å². The summed E-state index contributed by atoms with van der Waals surface area (Å²) in [7, 11) is 0. The largest absolute Gasteiger partial charge is 0.329 e. The zero-order valence-corrected chi connectivity index (χ0v) is 11.9. The number of nitrogens with zero attached hydrogens (tertiary/aromatic N) is 3. The minimum absolute atomic E-state index is 0.0618. The minimum atomic E-state index is -0.518. The predicted octanol–water partition coefficient (Wildman–Crippen LogP) is 1.21. The standard InChI is InChI=1S/C13H17N3O2S/c1-13(2,12-14-5-7-19-12)16-8-10(17)15-6-3-4-9(15)11(16)18/h5,7,9H,3-4,6,8H2,1-2H3. The third kappa shape index (κ3) is 1.85. The molecule has 1 unspecified atom stereocenters. The molecular weight excluding hydrogens is 262 g/mol. The molecule has 2 aliphatic heterocycles. The second kappa shape index (κ2) is 4.30. The summed E-state index contributed by atoms with van der Waals surface area (Å²) in [6.07, 6.45) is 3.45. The smallest absolute Gasteiger partial charge is 0.246 e. The maximum atomic E-state index is 12.6. The number of aromatic nitrogens is 1. The molecule has 3 heterocycles. The Morgan fingerprint density at radius 2 is 2.21 bits per heavy atom. The van der Waals surface area contributed by atoms with Crippen molar-refractivity contribution in [2.75, 3.05) is 13.1 Å². The van der Waals surface area contributed by atoms with Gasteiger partial charge in [0.15, 0.2) is 0 Å². The van der Waals surface area contributed by atoms with Crippen LogP contribution in [0, 0.1) is 0 Å². The van der Waals surface area contributed by atoms with Crippen molar-refractivity contribution in [3.63, 3.8) is 0 Å². The van der Waals surface area contributed by atoms with E-state index in [2.05, 4.69) is 4.98 Å². The Morgan fingerprint density at radius 3 is 2.89 bits per heavy atom. The molecular formula is C13H17N3O2S. The monoisotopic (exact) mass is 279 g/mol. The summed E-state index contributed by atoms with van der Waals surface area (Å²) in [6.45, 7) is 4.81. The summed E-state index contributed by atoms with van der Waals surface area (Å²) in [5.41, 5.74) is -0.518. The van der Waals surface area contributed by atoms with Gasteiger partial charge in [-0.3, -0.25) is 9.59 Å². The van der Waals surface area contributed by atoms with Crippen molar-refractivity contribution in [2.45, 2.75) is 38.3 Å². The van der Waals surface area contributed by atoms with E-state index in [9.17, 15) is 9.59 Å². The normalized spacial score (nSPS) is 24.0. The second-order valence-corrected chi connectivity index (χ2v) is 6.46. The van der Waals surface area contributed by atoms with Crippen LogP contribution in [0.5, 0.6) is 0 Å². The number of hydrogen-bond acceptors (Lipinski definition) is 4. The average Bonchev–Trinajstić information content (AvgIpc) is 3.02. The Bertz CT molecular complexity index is 512. The van der Waals surface area contributed by atoms with Crippen molar-refractivity contribution in [1.29, 1.82) is 0 Å². The number of fused-ring (bicyclic) bond motifs is 1. The van der Waals surface area contributed by atoms with Crippen molar-refractivity contribution in [2.24, 2.45) is 0 Å². The van der Waals surface area contributed by atoms with E-state index in [1.54, 1.807) is 16.0 Å². The fourth-order valence-corrected chi connectivity index (χ4v) is 3.69. The molecule has 0 aromatic carbocycles. The van der Waals surface area contributed by atoms with E-state index in [1.807, 2.05) is 19.2 Å². The molecule has 19 heavy (non-hydrogen) atoms. The van der Waals surface area contributed by atoms with Gasteiger partial charge in [0, 0.05) is 18.1 Å². The first-order valence-electron chi connectivity index (χ1n) is 6.53. The maximum absolute atomic E-state index is 12.6. The lowest BCUT2D eigenvalue weighted by atomic mass is 9.99. The molecule has 3 rings (SSSR count). The molecule has 6 heteroatoms. The third-order valence-electron chi connectivity index (χ3n) is 4.05. The zero-order chi connectivity index (χ0) is 13.6. The molecule has 2 saturated heterocycles. The number of carbonyl (C=O) groups excluding carboxylic acids is 2. The first-order valence-corrected chi connectivity index (χ1v) is 7.40. The first kappa shape index (κ1) is 12.6. The van der Waals surface area contributed by atoms with Crippen molar-refractivity contribution in [3.05, 3.63) is 16.6 Å². The molecule has 1 atom stereocenters. The summed E-state index contributed by atoms with van der Waals surface area (Å²) in [4.78, 5) is 32.5. The molecule has 1 aromatic heterocycles. The Morgan fingerprint density at radius 1 is 1.42 bits per heavy atom. The Kier molecular flexibility index (Phi) is 2.85. The number of amides is 2. The fourth-order valence-electron chi connectivity index (χ4n) is 2.92. The van der Waals surface area contributed by atoms with Crippen LogP contribution in [0.4, 0.5) is 0 Å². The Labute approximate surface area is 116 Å². The van der Waals surface area contributed by atoms with Crippen LogP contribution >= 0.6 is 11.3 Å². The third-order valence-corrected chi connectivity index (χ3v) is 5.13. The number of carbonyl (C=O) groups is 2. The van der Waals surface area contributed by atoms with Crippen LogP contribution in [0.2, 0.25) is 0 Å². The molecule has 0 bridgehead atoms. The molecule has 0 saturated carbocycles. The summed E-state index contributed by atoms with van der Waals surface area (Å²) >= 11 is 1.52. The van der Waals surface area contributed by atoms with E-state index in [4.69, 9.17) is 0 Å². The molecule has 1 aromatic rings. The quantitative estimate of drug-likeness (QED) is 0.817. The van der Waals surface area contributed by atoms with E-state index >= 15 is 0 Å². The van der Waals surface area contributed by atoms with Gasteiger partial charge in [0.2, 0.25) is 11.8 Å². The highest BCUT2D eigenvalue weighted by atomic mass is 32.1. The van der Waals surface area contributed by atoms with Crippen LogP contribution in [0.25, 0.3) is 0 Å². The molecule has 0 spiro atoms. The van der Waals surface area contributed by atoms with Crippen LogP contribution in [-0.2, 0) is 15.1 Å². The van der Waals surface area contributed by atoms with Gasteiger partial charge in [-0.2, -0.15) is 0 Å². The Hall–Kier alpha value is -1.43. The first-order chi connectivity index (χ1) is 9.01. The van der Waals surface area contributed by atoms with Gasteiger partial charge < -0.3 is 9.80 Å². The van der Waals surface area contributed by atoms with Crippen LogP contribution in [0.1, 0.15) is 31.7 Å². The summed E-state index contributed by atoms with van der Waals surface area (Å²) in [5, 5.41) is 2.77. The van der Waals surface area contributed by atoms with Crippen molar-refractivity contribution in [3.8, 4) is 0 Å². The average molecular weight is 279 g/mol. The van der Waals surface area contributed by atoms with Crippen LogP contribution in [0.3, 0.4) is 0 Å². The highest BCUT2D eigenvalue weighted by molar-refractivity contribution is 7.09. The molecule has 0 radical (unpaired) electrons. The predicted molar refractivity (Wildman–Crippen MR) is 71.6 cm³/mol. The fraction of sp³-hybridized carbons (Fsp3) is 0.615. The van der Waals surface area contributed by atoms with Crippen LogP contribution in [0.15, 0.2) is 11.6 Å². The second-order valence-electron chi connectivity index (χ2n) is 5.57. The Balaban J connectivity index is 1.93. The molecule has 102 valence electrons. The van der Waals surface area contributed by atoms with E-state index in [0.29, 0.717) is 0 Å². The lowest BCUT2D eigenvalue weighted by molar-refractivity contribution is -0.159. The summed E-state index contributed by atoms with van der Waals surface area (Å²) < 4.78 is 0. The zero-order valence-electron chi connectivity index (χ0n) is 11.1. The van der Waals surface area contributed by atoms with Gasteiger partial charge in [0.05, 0.1) is 5.54 Å². The number of thiazole rings is 1. The van der Waals surface area contributed by atoms with E-state index in [-0.39, 0.29) is 24.4 Å². The van der Waals surface area contributed by atoms with E-state index in [1.165, 1.54) is 11.3 Å². The van der Waals surface area contributed by atoms with Gasteiger partial charge in [0.25, 0.3) is 0 Å². The van der Waals surface area contributed by atoms with Gasteiger partial charge in [-0.15, -0.1) is 11.3 Å². The lowest BCUT2D eigenvalue weighted by Crippen LogP contribution is -2.61. The van der Waals surface area contributed by atoms with Crippen molar-refractivity contribution < 1.29 is 9.59 Å². The van der Waals surface area contributed by atoms with Gasteiger partial charge >= 0.3 is 0 Å². The molecule has 0 N–H and O–H groups in total. The number of piperazine rings is 1. The molecule has 2 amide bonds. The highest BCUT2D eigenvalue weighted by Gasteiger charge is 2.47. The molecule has 2 fully saturated rings. The highest BCUT2D eigenvalue weighted by Crippen LogP contribution is 2.34. The molecule has 5 nitrogen and oxygen atoms in total. The summed E-state index contributed by atoms with van der Waals surface area (Å²) in [6, 6.07) is -0.250. The van der Waals surface area contributed by atoms with Gasteiger partial charge in [-0.05, 0) is 26.7 Å². The van der Waals surface area contributed by atoms with Gasteiger partial charge in [-0.25, -0.2) is 4.98 Å². The number of rotatable bonds is 2. The molecule has 0 aliphatic carbocycles. The van der Waals surface area contributed by atoms with E-state index in [0.717, 1.165) is 24.4 Å². The lowest BCUT2D eigenvalue weighted by Gasteiger charge is -2.44. The van der Waals surface area contributed by atoms with E-state index < -0.39 is 5.54 Å². The van der Waals surface area contributed by atoms with Crippen LogP contribution in [-0.4, -0.2) is 45.7 Å². The van der Waals surface area contributed by atoms with Crippen molar-refractivity contribution >= 4 is 23.2 Å². The maximum Gasteiger partial charge on any atom is 0.246 e.